The van der Waals surface area contributed by atoms with E-state index in [4.69, 9.17) is 4.74 Å². The van der Waals surface area contributed by atoms with Crippen LogP contribution >= 0.6 is 0 Å². The van der Waals surface area contributed by atoms with Crippen molar-refractivity contribution in [2.45, 2.75) is 37.1 Å². The first-order valence-electron chi connectivity index (χ1n) is 9.55. The predicted octanol–water partition coefficient (Wildman–Crippen LogP) is 3.69. The average Bonchev–Trinajstić information content (AvgIpc) is 2.72. The monoisotopic (exact) mass is 420 g/mol. The highest BCUT2D eigenvalue weighted by molar-refractivity contribution is 7.89. The lowest BCUT2D eigenvalue weighted by Crippen LogP contribution is -2.41. The first-order valence-corrected chi connectivity index (χ1v) is 11.0. The van der Waals surface area contributed by atoms with E-state index in [1.807, 2.05) is 6.92 Å². The minimum Gasteiger partial charge on any atom is -0.494 e. The molecular weight excluding hydrogens is 395 g/mol. The van der Waals surface area contributed by atoms with Gasteiger partial charge in [0.2, 0.25) is 10.0 Å². The topological polar surface area (TPSA) is 75.7 Å². The number of halogens is 1. The molecule has 1 saturated heterocycles. The van der Waals surface area contributed by atoms with Gasteiger partial charge in [-0.05, 0) is 62.2 Å². The number of nitrogens with zero attached hydrogens (tertiary/aromatic N) is 1. The second-order valence-electron chi connectivity index (χ2n) is 7.11. The highest BCUT2D eigenvalue weighted by Crippen LogP contribution is 2.26. The molecule has 1 aliphatic rings. The minimum atomic E-state index is -3.53. The standard InChI is InChI=1S/C21H25FN2O4S/c1-15-5-3-4-12-24(15)29(26,27)18-9-7-17(8-10-18)23-14-20(25)16-6-11-21(28-2)19(22)13-16/h6-11,13,15,23H,3-5,12,14H2,1-2H3. The zero-order valence-corrected chi connectivity index (χ0v) is 17.3. The largest absolute Gasteiger partial charge is 0.494 e. The third-order valence-corrected chi connectivity index (χ3v) is 7.16. The van der Waals surface area contributed by atoms with Gasteiger partial charge in [0.1, 0.15) is 0 Å². The van der Waals surface area contributed by atoms with Crippen molar-refractivity contribution >= 4 is 21.5 Å². The molecule has 1 atom stereocenters. The number of anilines is 1. The first kappa shape index (κ1) is 21.3. The molecular formula is C21H25FN2O4S. The van der Waals surface area contributed by atoms with Crippen LogP contribution in [0, 0.1) is 5.82 Å². The zero-order valence-electron chi connectivity index (χ0n) is 16.5. The molecule has 0 aliphatic carbocycles. The van der Waals surface area contributed by atoms with Crippen LogP contribution in [0.2, 0.25) is 0 Å². The maximum atomic E-state index is 13.8. The molecule has 1 heterocycles. The van der Waals surface area contributed by atoms with Gasteiger partial charge in [-0.25, -0.2) is 12.8 Å². The van der Waals surface area contributed by atoms with Crippen LogP contribution in [0.3, 0.4) is 0 Å². The van der Waals surface area contributed by atoms with Gasteiger partial charge in [0, 0.05) is 23.8 Å². The van der Waals surface area contributed by atoms with Crippen LogP contribution in [0.1, 0.15) is 36.5 Å². The van der Waals surface area contributed by atoms with E-state index in [0.29, 0.717) is 12.2 Å². The number of rotatable bonds is 7. The van der Waals surface area contributed by atoms with E-state index in [9.17, 15) is 17.6 Å². The Hall–Kier alpha value is -2.45. The van der Waals surface area contributed by atoms with Crippen LogP contribution in [0.15, 0.2) is 47.4 Å². The summed E-state index contributed by atoms with van der Waals surface area (Å²) in [5.41, 5.74) is 0.840. The van der Waals surface area contributed by atoms with Crippen molar-refractivity contribution in [1.82, 2.24) is 4.31 Å². The number of carbonyl (C=O) groups excluding carboxylic acids is 1. The summed E-state index contributed by atoms with van der Waals surface area (Å²) in [7, 11) is -2.17. The Kier molecular flexibility index (Phi) is 6.54. The van der Waals surface area contributed by atoms with Gasteiger partial charge < -0.3 is 10.1 Å². The molecule has 2 aromatic rings. The summed E-state index contributed by atoms with van der Waals surface area (Å²) in [5, 5.41) is 2.95. The van der Waals surface area contributed by atoms with Crippen LogP contribution < -0.4 is 10.1 Å². The minimum absolute atomic E-state index is 0.00550. The Bertz CT molecular complexity index is 977. The Morgan fingerprint density at radius 2 is 1.93 bits per heavy atom. The third-order valence-electron chi connectivity index (χ3n) is 5.13. The lowest BCUT2D eigenvalue weighted by molar-refractivity contribution is 0.101. The molecule has 0 aromatic heterocycles. The van der Waals surface area contributed by atoms with Gasteiger partial charge in [-0.2, -0.15) is 4.31 Å². The molecule has 6 nitrogen and oxygen atoms in total. The molecule has 156 valence electrons. The number of nitrogens with one attached hydrogen (secondary N) is 1. The van der Waals surface area contributed by atoms with E-state index in [0.717, 1.165) is 25.3 Å². The lowest BCUT2D eigenvalue weighted by Gasteiger charge is -2.32. The maximum Gasteiger partial charge on any atom is 0.243 e. The Morgan fingerprint density at radius 3 is 2.55 bits per heavy atom. The maximum absolute atomic E-state index is 13.8. The molecule has 1 unspecified atom stereocenters. The first-order chi connectivity index (χ1) is 13.8. The number of carbonyl (C=O) groups is 1. The number of hydrogen-bond acceptors (Lipinski definition) is 5. The summed E-state index contributed by atoms with van der Waals surface area (Å²) in [5.74, 6) is -0.806. The van der Waals surface area contributed by atoms with E-state index in [2.05, 4.69) is 5.32 Å². The summed E-state index contributed by atoms with van der Waals surface area (Å²) < 4.78 is 45.9. The number of methoxy groups -OCH3 is 1. The van der Waals surface area contributed by atoms with Gasteiger partial charge in [-0.3, -0.25) is 4.79 Å². The van der Waals surface area contributed by atoms with Crippen LogP contribution in [0.25, 0.3) is 0 Å². The van der Waals surface area contributed by atoms with Gasteiger partial charge in [-0.15, -0.1) is 0 Å². The summed E-state index contributed by atoms with van der Waals surface area (Å²) in [6.45, 7) is 2.43. The van der Waals surface area contributed by atoms with Crippen LogP contribution in [0.4, 0.5) is 10.1 Å². The SMILES string of the molecule is COc1ccc(C(=O)CNc2ccc(S(=O)(=O)N3CCCCC3C)cc2)cc1F. The average molecular weight is 421 g/mol. The molecule has 1 fully saturated rings. The zero-order chi connectivity index (χ0) is 21.0. The fraction of sp³-hybridized carbons (Fsp3) is 0.381. The second-order valence-corrected chi connectivity index (χ2v) is 9.00. The predicted molar refractivity (Wildman–Crippen MR) is 109 cm³/mol. The summed E-state index contributed by atoms with van der Waals surface area (Å²) in [4.78, 5) is 12.5. The van der Waals surface area contributed by atoms with Gasteiger partial charge >= 0.3 is 0 Å². The van der Waals surface area contributed by atoms with Gasteiger partial charge in [0.25, 0.3) is 0 Å². The molecule has 8 heteroatoms. The number of ether oxygens (including phenoxy) is 1. The van der Waals surface area contributed by atoms with Crippen molar-refractivity contribution < 1.29 is 22.3 Å². The van der Waals surface area contributed by atoms with Crippen molar-refractivity contribution in [2.24, 2.45) is 0 Å². The van der Waals surface area contributed by atoms with Crippen LogP contribution in [0.5, 0.6) is 5.75 Å². The molecule has 1 aliphatic heterocycles. The fourth-order valence-electron chi connectivity index (χ4n) is 3.43. The normalized spacial score (nSPS) is 17.7. The Balaban J connectivity index is 1.64. The number of sulfonamides is 1. The summed E-state index contributed by atoms with van der Waals surface area (Å²) in [6.07, 6.45) is 2.78. The van der Waals surface area contributed by atoms with E-state index in [1.54, 1.807) is 16.4 Å². The molecule has 0 spiro atoms. The van der Waals surface area contributed by atoms with Crippen molar-refractivity contribution in [1.29, 1.82) is 0 Å². The van der Waals surface area contributed by atoms with Crippen molar-refractivity contribution in [3.8, 4) is 5.75 Å². The number of benzene rings is 2. The van der Waals surface area contributed by atoms with Crippen LogP contribution in [-0.2, 0) is 10.0 Å². The fourth-order valence-corrected chi connectivity index (χ4v) is 5.13. The van der Waals surface area contributed by atoms with E-state index in [-0.39, 0.29) is 34.6 Å². The summed E-state index contributed by atoms with van der Waals surface area (Å²) >= 11 is 0. The van der Waals surface area contributed by atoms with E-state index in [1.165, 1.54) is 31.4 Å². The number of ketones is 1. The van der Waals surface area contributed by atoms with Gasteiger partial charge in [-0.1, -0.05) is 6.42 Å². The quantitative estimate of drug-likeness (QED) is 0.692. The highest BCUT2D eigenvalue weighted by atomic mass is 32.2. The van der Waals surface area contributed by atoms with Gasteiger partial charge in [0.05, 0.1) is 18.6 Å². The smallest absolute Gasteiger partial charge is 0.243 e. The molecule has 0 saturated carbocycles. The van der Waals surface area contributed by atoms with E-state index >= 15 is 0 Å². The Morgan fingerprint density at radius 1 is 1.21 bits per heavy atom. The van der Waals surface area contributed by atoms with Crippen molar-refractivity contribution in [3.63, 3.8) is 0 Å². The lowest BCUT2D eigenvalue weighted by atomic mass is 10.1. The van der Waals surface area contributed by atoms with Crippen LogP contribution in [-0.4, -0.2) is 44.7 Å². The van der Waals surface area contributed by atoms with E-state index < -0.39 is 15.8 Å². The highest BCUT2D eigenvalue weighted by Gasteiger charge is 2.30. The number of Topliss-reactive ketones (excluding diaryl/α,β-unsaturated/α-hetero) is 1. The molecule has 0 bridgehead atoms. The molecule has 0 radical (unpaired) electrons. The second kappa shape index (κ2) is 8.92. The molecule has 3 rings (SSSR count). The molecule has 29 heavy (non-hydrogen) atoms. The number of piperidine rings is 1. The van der Waals surface area contributed by atoms with Crippen molar-refractivity contribution in [2.75, 3.05) is 25.5 Å². The Labute approximate surface area is 170 Å². The molecule has 0 amide bonds. The van der Waals surface area contributed by atoms with Gasteiger partial charge in [0.15, 0.2) is 17.3 Å². The summed E-state index contributed by atoms with van der Waals surface area (Å²) in [6, 6.07) is 10.4. The molecule has 1 N–H and O–H groups in total. The third kappa shape index (κ3) is 4.76. The molecule has 2 aromatic carbocycles. The van der Waals surface area contributed by atoms with Crippen molar-refractivity contribution in [3.05, 3.63) is 53.8 Å². The number of hydrogen-bond donors (Lipinski definition) is 1.